The Hall–Kier alpha value is -0.860. The highest BCUT2D eigenvalue weighted by atomic mass is 32.2. The summed E-state index contributed by atoms with van der Waals surface area (Å²) in [5.74, 6) is 2.14. The molecule has 1 aliphatic heterocycles. The van der Waals surface area contributed by atoms with Crippen molar-refractivity contribution in [3.63, 3.8) is 0 Å². The standard InChI is InChI=1S/C6H13NO.C6H12O.C6H14.C5H13NO2S.C5H12O.C4H11N.C4H10O2.C4H10O.C4H8/c1-4-5-7(3)6(2)8;1-6-2-4-7-5-3-6;1-3-5-6-4-2;1-4-5-6(2)9(3,7)8;1-3-4-5-6-2;1-3-4-5-2;1-2-4(6)3-5;1-3-4-5-2;1-4-2-3-4/h4-5H2,1-3H3;6H,2-5H2,1H3;3-6H2,1-2H3;4-5H2,1-3H3;3-5H2,1-2H3;5H,3-4H2,1-2H3;4-6H,2-3H2,1H3;3-4H2,1-2H3;4H,2-3H2,1H3. The van der Waals surface area contributed by atoms with Gasteiger partial charge in [-0.05, 0) is 76.8 Å². The second kappa shape index (κ2) is 60.8. The number of nitrogens with one attached hydrogen (secondary N) is 1. The summed E-state index contributed by atoms with van der Waals surface area (Å²) >= 11 is 0. The molecule has 11 nitrogen and oxygen atoms in total. The van der Waals surface area contributed by atoms with Crippen LogP contribution in [0.25, 0.3) is 0 Å². The summed E-state index contributed by atoms with van der Waals surface area (Å²) in [6.07, 6.45) is 19.1. The van der Waals surface area contributed by atoms with Crippen LogP contribution in [-0.4, -0.2) is 134 Å². The molecule has 1 heterocycles. The van der Waals surface area contributed by atoms with Crippen LogP contribution in [0.3, 0.4) is 0 Å². The molecule has 1 atom stereocenters. The smallest absolute Gasteiger partial charge is 0.219 e. The van der Waals surface area contributed by atoms with E-state index >= 15 is 0 Å². The van der Waals surface area contributed by atoms with Crippen molar-refractivity contribution in [2.24, 2.45) is 11.8 Å². The van der Waals surface area contributed by atoms with Crippen molar-refractivity contribution in [2.45, 2.75) is 179 Å². The molecule has 1 aliphatic carbocycles. The average Bonchev–Trinajstić information content (AvgIpc) is 3.97. The highest BCUT2D eigenvalue weighted by Crippen LogP contribution is 2.26. The predicted molar refractivity (Wildman–Crippen MR) is 245 cm³/mol. The molecular formula is C44H103N3O8S. The highest BCUT2D eigenvalue weighted by Gasteiger charge is 2.12. The van der Waals surface area contributed by atoms with Gasteiger partial charge >= 0.3 is 0 Å². The molecule has 0 bridgehead atoms. The van der Waals surface area contributed by atoms with Crippen LogP contribution in [0.1, 0.15) is 172 Å². The van der Waals surface area contributed by atoms with Gasteiger partial charge in [-0.1, -0.05) is 114 Å². The summed E-state index contributed by atoms with van der Waals surface area (Å²) < 4.78 is 37.2. The Morgan fingerprint density at radius 3 is 1.30 bits per heavy atom. The van der Waals surface area contributed by atoms with Gasteiger partial charge in [0, 0.05) is 74.8 Å². The Morgan fingerprint density at radius 2 is 1.20 bits per heavy atom. The summed E-state index contributed by atoms with van der Waals surface area (Å²) in [4.78, 5) is 12.2. The number of aliphatic hydroxyl groups excluding tert-OH is 2. The van der Waals surface area contributed by atoms with E-state index in [0.717, 1.165) is 70.6 Å². The molecular weight excluding hydrogens is 731 g/mol. The minimum atomic E-state index is -2.93. The molecule has 0 spiro atoms. The van der Waals surface area contributed by atoms with Crippen molar-refractivity contribution in [1.29, 1.82) is 0 Å². The van der Waals surface area contributed by atoms with E-state index in [-0.39, 0.29) is 12.5 Å². The molecule has 2 fully saturated rings. The Kier molecular flexibility index (Phi) is 75.7. The number of aliphatic hydroxyl groups is 2. The molecule has 0 aromatic carbocycles. The van der Waals surface area contributed by atoms with E-state index in [2.05, 4.69) is 60.7 Å². The Labute approximate surface area is 351 Å². The van der Waals surface area contributed by atoms with Gasteiger partial charge in [0.15, 0.2) is 0 Å². The number of hydrogen-bond donors (Lipinski definition) is 3. The summed E-state index contributed by atoms with van der Waals surface area (Å²) in [5, 5.41) is 19.5. The van der Waals surface area contributed by atoms with E-state index in [4.69, 9.17) is 24.4 Å². The van der Waals surface area contributed by atoms with Crippen LogP contribution < -0.4 is 5.32 Å². The van der Waals surface area contributed by atoms with E-state index in [9.17, 15) is 13.2 Å². The van der Waals surface area contributed by atoms with E-state index < -0.39 is 16.1 Å². The van der Waals surface area contributed by atoms with Crippen LogP contribution in [0.5, 0.6) is 0 Å². The first-order valence-corrected chi connectivity index (χ1v) is 23.9. The number of methoxy groups -OCH3 is 2. The van der Waals surface area contributed by atoms with Gasteiger partial charge in [0.05, 0.1) is 19.0 Å². The topological polar surface area (TPSA) is 138 Å². The van der Waals surface area contributed by atoms with Crippen LogP contribution in [0.2, 0.25) is 0 Å². The number of nitrogens with zero attached hydrogens (tertiary/aromatic N) is 2. The third-order valence-corrected chi connectivity index (χ3v) is 9.14. The quantitative estimate of drug-likeness (QED) is 0.122. The van der Waals surface area contributed by atoms with Crippen LogP contribution in [-0.2, 0) is 29.0 Å². The third kappa shape index (κ3) is 89.7. The maximum absolute atomic E-state index is 10.6. The maximum atomic E-state index is 10.6. The fourth-order valence-corrected chi connectivity index (χ4v) is 3.84. The normalized spacial score (nSPS) is 13.3. The molecule has 3 N–H and O–H groups in total. The molecule has 1 unspecified atom stereocenters. The van der Waals surface area contributed by atoms with Gasteiger partial charge in [0.1, 0.15) is 0 Å². The molecule has 1 saturated heterocycles. The molecule has 1 saturated carbocycles. The molecule has 1 amide bonds. The molecule has 0 aromatic heterocycles. The number of carbonyl (C=O) groups excluding carboxylic acids is 1. The van der Waals surface area contributed by atoms with Crippen LogP contribution in [0.4, 0.5) is 0 Å². The largest absolute Gasteiger partial charge is 0.394 e. The number of carbonyl (C=O) groups is 1. The maximum Gasteiger partial charge on any atom is 0.219 e. The third-order valence-electron chi connectivity index (χ3n) is 7.83. The first kappa shape index (κ1) is 69.7. The minimum Gasteiger partial charge on any atom is -0.394 e. The molecule has 0 aromatic rings. The summed E-state index contributed by atoms with van der Waals surface area (Å²) in [7, 11) is 5.87. The Bertz CT molecular complexity index is 739. The summed E-state index contributed by atoms with van der Waals surface area (Å²) in [5.41, 5.74) is 0. The molecule has 2 aliphatic rings. The zero-order valence-electron chi connectivity index (χ0n) is 40.6. The number of rotatable bonds is 17. The van der Waals surface area contributed by atoms with Crippen LogP contribution >= 0.6 is 0 Å². The fourth-order valence-electron chi connectivity index (χ4n) is 3.33. The lowest BCUT2D eigenvalue weighted by Gasteiger charge is -2.16. The van der Waals surface area contributed by atoms with Gasteiger partial charge in [-0.15, -0.1) is 0 Å². The zero-order chi connectivity index (χ0) is 45.1. The molecule has 348 valence electrons. The Balaban J connectivity index is -0.0000000973. The molecule has 12 heteroatoms. The summed E-state index contributed by atoms with van der Waals surface area (Å²) in [6.45, 7) is 29.1. The number of unbranched alkanes of at least 4 members (excludes halogenated alkanes) is 4. The van der Waals surface area contributed by atoms with Crippen LogP contribution in [0, 0.1) is 11.8 Å². The number of hydrogen-bond acceptors (Lipinski definition) is 9. The minimum absolute atomic E-state index is 0.115. The first-order chi connectivity index (χ1) is 26.4. The molecule has 2 rings (SSSR count). The number of sulfonamides is 1. The number of ether oxygens (including phenoxy) is 3. The lowest BCUT2D eigenvalue weighted by molar-refractivity contribution is -0.127. The zero-order valence-corrected chi connectivity index (χ0v) is 41.5. The second-order valence-electron chi connectivity index (χ2n) is 14.4. The highest BCUT2D eigenvalue weighted by molar-refractivity contribution is 7.88. The average molecular weight is 834 g/mol. The van der Waals surface area contributed by atoms with Gasteiger partial charge in [-0.2, -0.15) is 0 Å². The van der Waals surface area contributed by atoms with Gasteiger partial charge in [-0.25, -0.2) is 12.7 Å². The van der Waals surface area contributed by atoms with Gasteiger partial charge in [0.2, 0.25) is 15.9 Å². The van der Waals surface area contributed by atoms with E-state index in [1.165, 1.54) is 81.2 Å². The molecule has 56 heavy (non-hydrogen) atoms. The Morgan fingerprint density at radius 1 is 0.750 bits per heavy atom. The van der Waals surface area contributed by atoms with Crippen molar-refractivity contribution >= 4 is 15.9 Å². The lowest BCUT2D eigenvalue weighted by Crippen LogP contribution is -2.25. The van der Waals surface area contributed by atoms with E-state index in [1.807, 2.05) is 27.9 Å². The van der Waals surface area contributed by atoms with Gasteiger partial charge < -0.3 is 34.6 Å². The van der Waals surface area contributed by atoms with Gasteiger partial charge in [-0.3, -0.25) is 4.79 Å². The van der Waals surface area contributed by atoms with Gasteiger partial charge in [0.25, 0.3) is 0 Å². The van der Waals surface area contributed by atoms with Crippen molar-refractivity contribution in [3.05, 3.63) is 0 Å². The fraction of sp³-hybridized carbons (Fsp3) is 0.977. The van der Waals surface area contributed by atoms with Crippen molar-refractivity contribution in [2.75, 3.05) is 94.3 Å². The monoisotopic (exact) mass is 834 g/mol. The van der Waals surface area contributed by atoms with Crippen molar-refractivity contribution < 1.29 is 37.6 Å². The van der Waals surface area contributed by atoms with E-state index in [1.54, 1.807) is 33.1 Å². The molecule has 0 radical (unpaired) electrons. The predicted octanol–water partition coefficient (Wildman–Crippen LogP) is 9.44. The lowest BCUT2D eigenvalue weighted by atomic mass is 10.0. The summed E-state index contributed by atoms with van der Waals surface area (Å²) in [6, 6.07) is 0. The van der Waals surface area contributed by atoms with Crippen molar-refractivity contribution in [1.82, 2.24) is 14.5 Å². The SMILES string of the molecule is CC1CC1.CC1CCOCC1.CCC(O)CO.CCCCCC.CCCCOC.CCCN(C)C(C)=O.CCCN(C)S(C)(=O)=O.CCCNC.CCCOC. The van der Waals surface area contributed by atoms with Crippen molar-refractivity contribution in [3.8, 4) is 0 Å². The first-order valence-electron chi connectivity index (χ1n) is 22.0. The second-order valence-corrected chi connectivity index (χ2v) is 16.5. The van der Waals surface area contributed by atoms with Crippen LogP contribution in [0.15, 0.2) is 0 Å². The number of amides is 1. The van der Waals surface area contributed by atoms with E-state index in [0.29, 0.717) is 13.0 Å².